The summed E-state index contributed by atoms with van der Waals surface area (Å²) in [6.45, 7) is 0. The standard InChI is InChI=1S/C8H4Br2N4/c9-6-3-7(10)14-8(13-6)5-1-2-11-4-12-5/h1-4H. The molecule has 2 heterocycles. The van der Waals surface area contributed by atoms with Gasteiger partial charge in [0.05, 0.1) is 0 Å². The van der Waals surface area contributed by atoms with Crippen LogP contribution in [-0.2, 0) is 0 Å². The maximum Gasteiger partial charge on any atom is 0.180 e. The van der Waals surface area contributed by atoms with E-state index >= 15 is 0 Å². The largest absolute Gasteiger partial charge is 0.245 e. The molecule has 0 aliphatic carbocycles. The van der Waals surface area contributed by atoms with Gasteiger partial charge in [-0.15, -0.1) is 0 Å². The van der Waals surface area contributed by atoms with E-state index in [0.29, 0.717) is 20.7 Å². The molecule has 0 amide bonds. The third kappa shape index (κ3) is 2.13. The normalized spacial score (nSPS) is 10.1. The predicted octanol–water partition coefficient (Wildman–Crippen LogP) is 2.46. The van der Waals surface area contributed by atoms with Gasteiger partial charge in [-0.3, -0.25) is 0 Å². The van der Waals surface area contributed by atoms with E-state index in [1.54, 1.807) is 18.3 Å². The van der Waals surface area contributed by atoms with Gasteiger partial charge < -0.3 is 0 Å². The van der Waals surface area contributed by atoms with Crippen LogP contribution in [0, 0.1) is 0 Å². The molecule has 4 nitrogen and oxygen atoms in total. The van der Waals surface area contributed by atoms with E-state index in [1.807, 2.05) is 0 Å². The van der Waals surface area contributed by atoms with Crippen molar-refractivity contribution in [1.29, 1.82) is 0 Å². The topological polar surface area (TPSA) is 51.6 Å². The zero-order valence-electron chi connectivity index (χ0n) is 6.85. The Morgan fingerprint density at radius 1 is 1.07 bits per heavy atom. The molecule has 2 aromatic heterocycles. The maximum atomic E-state index is 4.19. The van der Waals surface area contributed by atoms with Crippen LogP contribution in [-0.4, -0.2) is 19.9 Å². The smallest absolute Gasteiger partial charge is 0.180 e. The summed E-state index contributed by atoms with van der Waals surface area (Å²) in [6.07, 6.45) is 3.12. The lowest BCUT2D eigenvalue weighted by Gasteiger charge is -1.99. The Kier molecular flexibility index (Phi) is 2.83. The van der Waals surface area contributed by atoms with E-state index in [9.17, 15) is 0 Å². The van der Waals surface area contributed by atoms with Crippen LogP contribution < -0.4 is 0 Å². The fourth-order valence-electron chi connectivity index (χ4n) is 0.928. The van der Waals surface area contributed by atoms with Crippen LogP contribution in [0.5, 0.6) is 0 Å². The van der Waals surface area contributed by atoms with Gasteiger partial charge in [-0.2, -0.15) is 0 Å². The molecular formula is C8H4Br2N4. The van der Waals surface area contributed by atoms with Crippen molar-refractivity contribution in [3.05, 3.63) is 33.9 Å². The molecule has 0 aromatic carbocycles. The molecule has 0 N–H and O–H groups in total. The van der Waals surface area contributed by atoms with E-state index in [0.717, 1.165) is 0 Å². The van der Waals surface area contributed by atoms with E-state index in [2.05, 4.69) is 51.8 Å². The van der Waals surface area contributed by atoms with Crippen molar-refractivity contribution in [3.63, 3.8) is 0 Å². The molecule has 2 aromatic rings. The zero-order chi connectivity index (χ0) is 9.97. The average molecular weight is 316 g/mol. The van der Waals surface area contributed by atoms with Gasteiger partial charge in [-0.1, -0.05) is 0 Å². The van der Waals surface area contributed by atoms with E-state index < -0.39 is 0 Å². The molecule has 0 unspecified atom stereocenters. The summed E-state index contributed by atoms with van der Waals surface area (Å²) in [6, 6.07) is 3.53. The van der Waals surface area contributed by atoms with Gasteiger partial charge in [-0.05, 0) is 37.9 Å². The van der Waals surface area contributed by atoms with Gasteiger partial charge in [-0.25, -0.2) is 19.9 Å². The van der Waals surface area contributed by atoms with E-state index in [4.69, 9.17) is 0 Å². The molecule has 0 atom stereocenters. The van der Waals surface area contributed by atoms with Gasteiger partial charge >= 0.3 is 0 Å². The van der Waals surface area contributed by atoms with Crippen LogP contribution in [0.3, 0.4) is 0 Å². The monoisotopic (exact) mass is 314 g/mol. The molecule has 0 aliphatic heterocycles. The third-order valence-electron chi connectivity index (χ3n) is 1.47. The minimum Gasteiger partial charge on any atom is -0.245 e. The molecule has 2 rings (SSSR count). The lowest BCUT2D eigenvalue weighted by atomic mass is 10.4. The summed E-state index contributed by atoms with van der Waals surface area (Å²) in [5, 5.41) is 0. The number of hydrogen-bond donors (Lipinski definition) is 0. The molecule has 6 heteroatoms. The van der Waals surface area contributed by atoms with Gasteiger partial charge in [0, 0.05) is 12.3 Å². The van der Waals surface area contributed by atoms with Crippen LogP contribution in [0.2, 0.25) is 0 Å². The minimum absolute atomic E-state index is 0.564. The van der Waals surface area contributed by atoms with Crippen LogP contribution in [0.15, 0.2) is 33.9 Å². The van der Waals surface area contributed by atoms with Crippen molar-refractivity contribution in [2.75, 3.05) is 0 Å². The first-order valence-electron chi connectivity index (χ1n) is 3.72. The van der Waals surface area contributed by atoms with Gasteiger partial charge in [0.1, 0.15) is 21.2 Å². The first-order valence-corrected chi connectivity index (χ1v) is 5.31. The van der Waals surface area contributed by atoms with Gasteiger partial charge in [0.2, 0.25) is 0 Å². The summed E-state index contributed by atoms with van der Waals surface area (Å²) >= 11 is 6.57. The van der Waals surface area contributed by atoms with Crippen molar-refractivity contribution in [1.82, 2.24) is 19.9 Å². The molecule has 70 valence electrons. The minimum atomic E-state index is 0.564. The lowest BCUT2D eigenvalue weighted by molar-refractivity contribution is 1.07. The summed E-state index contributed by atoms with van der Waals surface area (Å²) < 4.78 is 1.43. The van der Waals surface area contributed by atoms with Crippen LogP contribution >= 0.6 is 31.9 Å². The van der Waals surface area contributed by atoms with Crippen molar-refractivity contribution in [2.45, 2.75) is 0 Å². The fraction of sp³-hybridized carbons (Fsp3) is 0. The number of aromatic nitrogens is 4. The first-order chi connectivity index (χ1) is 6.75. The van der Waals surface area contributed by atoms with Crippen LogP contribution in [0.1, 0.15) is 0 Å². The second kappa shape index (κ2) is 4.10. The highest BCUT2D eigenvalue weighted by Gasteiger charge is 2.04. The lowest BCUT2D eigenvalue weighted by Crippen LogP contribution is -1.92. The Labute approximate surface area is 97.1 Å². The Balaban J connectivity index is 2.52. The number of rotatable bonds is 1. The van der Waals surface area contributed by atoms with Crippen molar-refractivity contribution in [3.8, 4) is 11.5 Å². The molecule has 0 aliphatic rings. The van der Waals surface area contributed by atoms with Crippen molar-refractivity contribution in [2.24, 2.45) is 0 Å². The third-order valence-corrected chi connectivity index (χ3v) is 2.29. The molecule has 0 fully saturated rings. The Morgan fingerprint density at radius 2 is 1.79 bits per heavy atom. The molecule has 0 saturated carbocycles. The molecule has 0 bridgehead atoms. The summed E-state index contributed by atoms with van der Waals surface area (Å²) in [4.78, 5) is 16.3. The van der Waals surface area contributed by atoms with Crippen molar-refractivity contribution < 1.29 is 0 Å². The second-order valence-electron chi connectivity index (χ2n) is 2.43. The first kappa shape index (κ1) is 9.67. The van der Waals surface area contributed by atoms with Crippen LogP contribution in [0.25, 0.3) is 11.5 Å². The summed E-state index contributed by atoms with van der Waals surface area (Å²) in [5.74, 6) is 0.564. The van der Waals surface area contributed by atoms with E-state index in [1.165, 1.54) is 6.33 Å². The molecule has 0 radical (unpaired) electrons. The van der Waals surface area contributed by atoms with Crippen LogP contribution in [0.4, 0.5) is 0 Å². The SMILES string of the molecule is Brc1cc(Br)nc(-c2ccncn2)n1. The molecule has 14 heavy (non-hydrogen) atoms. The average Bonchev–Trinajstić information content (AvgIpc) is 2.18. The highest BCUT2D eigenvalue weighted by Crippen LogP contribution is 2.18. The quantitative estimate of drug-likeness (QED) is 0.759. The zero-order valence-corrected chi connectivity index (χ0v) is 10.0. The Morgan fingerprint density at radius 3 is 2.36 bits per heavy atom. The Bertz CT molecular complexity index is 426. The predicted molar refractivity (Wildman–Crippen MR) is 58.5 cm³/mol. The Hall–Kier alpha value is -0.880. The molecule has 0 spiro atoms. The number of halogens is 2. The summed E-state index contributed by atoms with van der Waals surface area (Å²) in [5.41, 5.74) is 0.696. The maximum absolute atomic E-state index is 4.19. The second-order valence-corrected chi connectivity index (χ2v) is 4.06. The van der Waals surface area contributed by atoms with Gasteiger partial charge in [0.25, 0.3) is 0 Å². The van der Waals surface area contributed by atoms with Crippen molar-refractivity contribution >= 4 is 31.9 Å². The number of hydrogen-bond acceptors (Lipinski definition) is 4. The van der Waals surface area contributed by atoms with E-state index in [-0.39, 0.29) is 0 Å². The van der Waals surface area contributed by atoms with Gasteiger partial charge in [0.15, 0.2) is 5.82 Å². The fourth-order valence-corrected chi connectivity index (χ4v) is 2.00. The summed E-state index contributed by atoms with van der Waals surface area (Å²) in [7, 11) is 0. The number of nitrogens with zero attached hydrogens (tertiary/aromatic N) is 4. The highest BCUT2D eigenvalue weighted by molar-refractivity contribution is 9.11. The molecule has 0 saturated heterocycles. The molecular weight excluding hydrogens is 312 g/mol. The highest BCUT2D eigenvalue weighted by atomic mass is 79.9.